The van der Waals surface area contributed by atoms with E-state index in [1.807, 2.05) is 0 Å². The summed E-state index contributed by atoms with van der Waals surface area (Å²) in [6, 6.07) is 8.93. The maximum absolute atomic E-state index is 13.1. The van der Waals surface area contributed by atoms with Crippen molar-refractivity contribution >= 4 is 5.97 Å². The van der Waals surface area contributed by atoms with Crippen LogP contribution < -0.4 is 4.74 Å². The smallest absolute Gasteiger partial charge is 0.417 e. The van der Waals surface area contributed by atoms with Gasteiger partial charge >= 0.3 is 12.1 Å². The van der Waals surface area contributed by atoms with E-state index in [1.54, 1.807) is 6.92 Å². The molecule has 0 atom stereocenters. The molecule has 2 aromatic carbocycles. The van der Waals surface area contributed by atoms with Crippen LogP contribution in [0, 0.1) is 0 Å². The van der Waals surface area contributed by atoms with E-state index in [0.29, 0.717) is 0 Å². The third kappa shape index (κ3) is 3.21. The number of hydrogen-bond acceptors (Lipinski definition) is 2. The zero-order valence-electron chi connectivity index (χ0n) is 11.6. The SMILES string of the molecule is CCOc1cc(C(=O)O)ccc1-c1ccccc1C(F)(F)F. The van der Waals surface area contributed by atoms with E-state index in [-0.39, 0.29) is 29.0 Å². The van der Waals surface area contributed by atoms with Crippen LogP contribution >= 0.6 is 0 Å². The normalized spacial score (nSPS) is 11.3. The largest absolute Gasteiger partial charge is 0.493 e. The summed E-state index contributed by atoms with van der Waals surface area (Å²) in [5.74, 6) is -1.06. The van der Waals surface area contributed by atoms with E-state index in [0.717, 1.165) is 6.07 Å². The second-order valence-corrected chi connectivity index (χ2v) is 4.49. The van der Waals surface area contributed by atoms with Gasteiger partial charge in [-0.15, -0.1) is 0 Å². The first-order valence-electron chi connectivity index (χ1n) is 6.51. The van der Waals surface area contributed by atoms with Gasteiger partial charge in [0.15, 0.2) is 0 Å². The Bertz CT molecular complexity index is 693. The van der Waals surface area contributed by atoms with Gasteiger partial charge in [-0.25, -0.2) is 4.79 Å². The highest BCUT2D eigenvalue weighted by Crippen LogP contribution is 2.40. The van der Waals surface area contributed by atoms with Crippen LogP contribution in [0.4, 0.5) is 13.2 Å². The van der Waals surface area contributed by atoms with Crippen molar-refractivity contribution in [3.63, 3.8) is 0 Å². The van der Waals surface area contributed by atoms with E-state index >= 15 is 0 Å². The van der Waals surface area contributed by atoms with Crippen molar-refractivity contribution in [3.05, 3.63) is 53.6 Å². The fraction of sp³-hybridized carbons (Fsp3) is 0.188. The first-order chi connectivity index (χ1) is 10.3. The number of aromatic carboxylic acids is 1. The molecular weight excluding hydrogens is 297 g/mol. The summed E-state index contributed by atoms with van der Waals surface area (Å²) in [5.41, 5.74) is -0.675. The fourth-order valence-corrected chi connectivity index (χ4v) is 2.12. The van der Waals surface area contributed by atoms with Crippen LogP contribution in [0.5, 0.6) is 5.75 Å². The minimum Gasteiger partial charge on any atom is -0.493 e. The molecule has 2 rings (SSSR count). The summed E-state index contributed by atoms with van der Waals surface area (Å²) in [4.78, 5) is 11.0. The summed E-state index contributed by atoms with van der Waals surface area (Å²) >= 11 is 0. The first-order valence-corrected chi connectivity index (χ1v) is 6.51. The third-order valence-corrected chi connectivity index (χ3v) is 3.05. The molecule has 0 aliphatic heterocycles. The molecule has 0 radical (unpaired) electrons. The molecule has 0 amide bonds. The lowest BCUT2D eigenvalue weighted by Gasteiger charge is -2.16. The van der Waals surface area contributed by atoms with E-state index in [4.69, 9.17) is 9.84 Å². The quantitative estimate of drug-likeness (QED) is 0.906. The Kier molecular flexibility index (Phi) is 4.40. The molecule has 0 fully saturated rings. The molecule has 0 bridgehead atoms. The average Bonchev–Trinajstić information content (AvgIpc) is 2.46. The van der Waals surface area contributed by atoms with E-state index < -0.39 is 17.7 Å². The summed E-state index contributed by atoms with van der Waals surface area (Å²) < 4.78 is 44.7. The molecule has 22 heavy (non-hydrogen) atoms. The Morgan fingerprint density at radius 3 is 2.41 bits per heavy atom. The van der Waals surface area contributed by atoms with Crippen LogP contribution in [-0.4, -0.2) is 17.7 Å². The number of carboxylic acids is 1. The van der Waals surface area contributed by atoms with Gasteiger partial charge in [0.25, 0.3) is 0 Å². The Labute approximate surface area is 125 Å². The lowest BCUT2D eigenvalue weighted by atomic mass is 9.97. The molecule has 2 aromatic rings. The number of alkyl halides is 3. The van der Waals surface area contributed by atoms with E-state index in [1.165, 1.54) is 36.4 Å². The number of halogens is 3. The zero-order chi connectivity index (χ0) is 16.3. The van der Waals surface area contributed by atoms with Crippen molar-refractivity contribution < 1.29 is 27.8 Å². The fourth-order valence-electron chi connectivity index (χ4n) is 2.12. The van der Waals surface area contributed by atoms with Crippen LogP contribution in [-0.2, 0) is 6.18 Å². The average molecular weight is 310 g/mol. The Morgan fingerprint density at radius 2 is 1.82 bits per heavy atom. The van der Waals surface area contributed by atoms with Crippen LogP contribution in [0.2, 0.25) is 0 Å². The molecule has 0 unspecified atom stereocenters. The maximum atomic E-state index is 13.1. The highest BCUT2D eigenvalue weighted by molar-refractivity contribution is 5.90. The minimum atomic E-state index is -4.51. The molecule has 3 nitrogen and oxygen atoms in total. The predicted molar refractivity (Wildman–Crippen MR) is 75.0 cm³/mol. The number of rotatable bonds is 4. The van der Waals surface area contributed by atoms with Gasteiger partial charge in [-0.1, -0.05) is 18.2 Å². The van der Waals surface area contributed by atoms with E-state index in [9.17, 15) is 18.0 Å². The van der Waals surface area contributed by atoms with Crippen LogP contribution in [0.1, 0.15) is 22.8 Å². The predicted octanol–water partition coefficient (Wildman–Crippen LogP) is 4.47. The van der Waals surface area contributed by atoms with Crippen molar-refractivity contribution in [2.75, 3.05) is 6.61 Å². The van der Waals surface area contributed by atoms with Gasteiger partial charge in [0, 0.05) is 5.56 Å². The molecule has 6 heteroatoms. The Balaban J connectivity index is 2.65. The van der Waals surface area contributed by atoms with Gasteiger partial charge < -0.3 is 9.84 Å². The van der Waals surface area contributed by atoms with E-state index in [2.05, 4.69) is 0 Å². The Hall–Kier alpha value is -2.50. The first kappa shape index (κ1) is 15.9. The number of carbonyl (C=O) groups is 1. The topological polar surface area (TPSA) is 46.5 Å². The molecule has 0 saturated heterocycles. The summed E-state index contributed by atoms with van der Waals surface area (Å²) in [7, 11) is 0. The molecule has 0 saturated carbocycles. The van der Waals surface area contributed by atoms with Crippen LogP contribution in [0.25, 0.3) is 11.1 Å². The number of benzene rings is 2. The maximum Gasteiger partial charge on any atom is 0.417 e. The van der Waals surface area contributed by atoms with Crippen LogP contribution in [0.3, 0.4) is 0 Å². The van der Waals surface area contributed by atoms with Crippen molar-refractivity contribution in [1.82, 2.24) is 0 Å². The summed E-state index contributed by atoms with van der Waals surface area (Å²) in [6.45, 7) is 1.89. The highest BCUT2D eigenvalue weighted by Gasteiger charge is 2.34. The lowest BCUT2D eigenvalue weighted by molar-refractivity contribution is -0.137. The van der Waals surface area contributed by atoms with Gasteiger partial charge in [-0.2, -0.15) is 13.2 Å². The van der Waals surface area contributed by atoms with Gasteiger partial charge in [0.2, 0.25) is 0 Å². The summed E-state index contributed by atoms with van der Waals surface area (Å²) in [6.07, 6.45) is -4.51. The lowest BCUT2D eigenvalue weighted by Crippen LogP contribution is -2.08. The third-order valence-electron chi connectivity index (χ3n) is 3.05. The second kappa shape index (κ2) is 6.09. The molecule has 0 heterocycles. The highest BCUT2D eigenvalue weighted by atomic mass is 19.4. The monoisotopic (exact) mass is 310 g/mol. The minimum absolute atomic E-state index is 0.0447. The van der Waals surface area contributed by atoms with Gasteiger partial charge in [0.05, 0.1) is 17.7 Å². The standard InChI is InChI=1S/C16H13F3O3/c1-2-22-14-9-10(15(20)21)7-8-12(14)11-5-3-4-6-13(11)16(17,18)19/h3-9H,2H2,1H3,(H,20,21). The number of hydrogen-bond donors (Lipinski definition) is 1. The molecule has 0 aliphatic carbocycles. The molecular formula is C16H13F3O3. The van der Waals surface area contributed by atoms with Crippen molar-refractivity contribution in [2.45, 2.75) is 13.1 Å². The molecule has 0 aliphatic rings. The van der Waals surface area contributed by atoms with Crippen molar-refractivity contribution in [3.8, 4) is 16.9 Å². The van der Waals surface area contributed by atoms with Crippen molar-refractivity contribution in [2.24, 2.45) is 0 Å². The molecule has 0 spiro atoms. The number of ether oxygens (including phenoxy) is 1. The van der Waals surface area contributed by atoms with Gasteiger partial charge in [0.1, 0.15) is 5.75 Å². The van der Waals surface area contributed by atoms with Gasteiger partial charge in [-0.3, -0.25) is 0 Å². The molecule has 116 valence electrons. The van der Waals surface area contributed by atoms with Crippen LogP contribution in [0.15, 0.2) is 42.5 Å². The van der Waals surface area contributed by atoms with Crippen molar-refractivity contribution in [1.29, 1.82) is 0 Å². The zero-order valence-corrected chi connectivity index (χ0v) is 11.6. The second-order valence-electron chi connectivity index (χ2n) is 4.49. The number of carboxylic acid groups (broad SMARTS) is 1. The summed E-state index contributed by atoms with van der Waals surface area (Å²) in [5, 5.41) is 8.99. The Morgan fingerprint density at radius 1 is 1.14 bits per heavy atom. The molecule has 1 N–H and O–H groups in total. The molecule has 0 aromatic heterocycles. The van der Waals surface area contributed by atoms with Gasteiger partial charge in [-0.05, 0) is 36.8 Å².